The van der Waals surface area contributed by atoms with E-state index in [0.29, 0.717) is 5.56 Å². The fourth-order valence-corrected chi connectivity index (χ4v) is 4.72. The number of hydrogen-bond acceptors (Lipinski definition) is 10. The van der Waals surface area contributed by atoms with Crippen LogP contribution in [0.15, 0.2) is 78.9 Å². The minimum Gasteiger partial charge on any atom is -0.455 e. The van der Waals surface area contributed by atoms with Crippen molar-refractivity contribution in [2.75, 3.05) is 4.61 Å². The normalized spacial score (nSPS) is 12.0. The first-order valence-corrected chi connectivity index (χ1v) is 17.2. The van der Waals surface area contributed by atoms with Gasteiger partial charge >= 0.3 is 30.1 Å². The molecule has 12 nitrogen and oxygen atoms in total. The predicted octanol–water partition coefficient (Wildman–Crippen LogP) is 6.27. The number of alkyl carbamates (subject to hydrolysis) is 2. The second-order valence-corrected chi connectivity index (χ2v) is 12.2. The Morgan fingerprint density at radius 2 is 1.08 bits per heavy atom. The van der Waals surface area contributed by atoms with E-state index in [1.165, 1.54) is 12.1 Å². The van der Waals surface area contributed by atoms with Gasteiger partial charge in [0, 0.05) is 6.42 Å². The molecule has 0 aliphatic heterocycles. The van der Waals surface area contributed by atoms with Gasteiger partial charge in [0.15, 0.2) is 11.5 Å². The lowest BCUT2D eigenvalue weighted by molar-refractivity contribution is -0.141. The number of ether oxygens (including phenoxy) is 5. The molecule has 0 fully saturated rings. The summed E-state index contributed by atoms with van der Waals surface area (Å²) in [5.74, 6) is -3.13. The highest BCUT2D eigenvalue weighted by atomic mass is 127. The lowest BCUT2D eigenvalue weighted by Crippen LogP contribution is -2.47. The van der Waals surface area contributed by atoms with Gasteiger partial charge in [-0.25, -0.2) is 19.2 Å². The van der Waals surface area contributed by atoms with Crippen LogP contribution in [0.2, 0.25) is 0 Å². The third kappa shape index (κ3) is 13.4. The molecule has 0 unspecified atom stereocenters. The molecule has 2 amide bonds. The highest BCUT2D eigenvalue weighted by molar-refractivity contribution is 14.1. The fourth-order valence-electron chi connectivity index (χ4n) is 4.37. The van der Waals surface area contributed by atoms with Gasteiger partial charge in [-0.15, -0.1) is 0 Å². The number of alkyl halides is 1. The molecule has 13 heteroatoms. The highest BCUT2D eigenvalue weighted by Gasteiger charge is 2.31. The van der Waals surface area contributed by atoms with Gasteiger partial charge in [-0.3, -0.25) is 4.79 Å². The van der Waals surface area contributed by atoms with Crippen LogP contribution in [-0.4, -0.2) is 46.8 Å². The maximum atomic E-state index is 13.5. The molecule has 0 saturated heterocycles. The van der Waals surface area contributed by atoms with Crippen molar-refractivity contribution in [2.45, 2.75) is 65.8 Å². The zero-order chi connectivity index (χ0) is 35.8. The number of carbonyl (C=O) groups is 5. The van der Waals surface area contributed by atoms with Crippen LogP contribution in [0.3, 0.4) is 0 Å². The number of esters is 3. The Kier molecular flexibility index (Phi) is 15.8. The molecule has 0 heterocycles. The topological polar surface area (TPSA) is 156 Å². The number of carbonyl (C=O) groups excluding carboxylic acids is 5. The zero-order valence-electron chi connectivity index (χ0n) is 27.8. The molecule has 3 aromatic carbocycles. The summed E-state index contributed by atoms with van der Waals surface area (Å²) in [5, 5.41) is 5.09. The summed E-state index contributed by atoms with van der Waals surface area (Å²) >= 11 is 1.92. The summed E-state index contributed by atoms with van der Waals surface area (Å²) in [6.45, 7) is 6.88. The van der Waals surface area contributed by atoms with Crippen LogP contribution in [-0.2, 0) is 48.2 Å². The highest BCUT2D eigenvalue weighted by Crippen LogP contribution is 2.31. The van der Waals surface area contributed by atoms with Crippen molar-refractivity contribution in [1.29, 1.82) is 0 Å². The largest absolute Gasteiger partial charge is 0.455 e. The Balaban J connectivity index is 1.76. The van der Waals surface area contributed by atoms with Crippen molar-refractivity contribution >= 4 is 52.7 Å². The average Bonchev–Trinajstić information content (AvgIpc) is 3.08. The van der Waals surface area contributed by atoms with E-state index >= 15 is 0 Å². The minimum atomic E-state index is -1.13. The number of benzene rings is 3. The first-order valence-electron chi connectivity index (χ1n) is 15.7. The third-order valence-electron chi connectivity index (χ3n) is 7.08. The summed E-state index contributed by atoms with van der Waals surface area (Å²) in [7, 11) is 0. The van der Waals surface area contributed by atoms with E-state index in [0.717, 1.165) is 11.1 Å². The molecule has 2 N–H and O–H groups in total. The number of halogens is 1. The van der Waals surface area contributed by atoms with Crippen LogP contribution in [0.4, 0.5) is 9.59 Å². The Morgan fingerprint density at radius 1 is 0.612 bits per heavy atom. The van der Waals surface area contributed by atoms with Gasteiger partial charge in [-0.2, -0.15) is 0 Å². The quantitative estimate of drug-likeness (QED) is 0.0558. The van der Waals surface area contributed by atoms with Crippen LogP contribution in [0.1, 0.15) is 50.8 Å². The predicted molar refractivity (Wildman–Crippen MR) is 188 cm³/mol. The molecule has 3 aromatic rings. The maximum Gasteiger partial charge on any atom is 0.408 e. The number of nitrogens with one attached hydrogen (secondary N) is 2. The van der Waals surface area contributed by atoms with E-state index < -0.39 is 54.0 Å². The first kappa shape index (κ1) is 38.8. The van der Waals surface area contributed by atoms with Gasteiger partial charge in [0.2, 0.25) is 0 Å². The number of aryl methyl sites for hydroxylation is 1. The summed E-state index contributed by atoms with van der Waals surface area (Å²) in [5.41, 5.74) is 2.13. The Morgan fingerprint density at radius 3 is 1.53 bits per heavy atom. The summed E-state index contributed by atoms with van der Waals surface area (Å²) in [4.78, 5) is 64.0. The van der Waals surface area contributed by atoms with Gasteiger partial charge in [0.25, 0.3) is 0 Å². The minimum absolute atomic E-state index is 0.000470. The van der Waals surface area contributed by atoms with Crippen molar-refractivity contribution in [2.24, 2.45) is 11.8 Å². The summed E-state index contributed by atoms with van der Waals surface area (Å²) in [6, 6.07) is 20.4. The van der Waals surface area contributed by atoms with Crippen molar-refractivity contribution in [3.8, 4) is 11.5 Å². The summed E-state index contributed by atoms with van der Waals surface area (Å²) < 4.78 is 27.2. The number of hydrogen-bond donors (Lipinski definition) is 2. The van der Waals surface area contributed by atoms with Crippen molar-refractivity contribution < 1.29 is 47.7 Å². The first-order chi connectivity index (χ1) is 23.5. The van der Waals surface area contributed by atoms with E-state index in [4.69, 9.17) is 23.7 Å². The maximum absolute atomic E-state index is 13.5. The molecule has 3 rings (SSSR count). The third-order valence-corrected chi connectivity index (χ3v) is 7.39. The molecule has 0 radical (unpaired) electrons. The molecule has 0 aromatic heterocycles. The molecule has 0 bridgehead atoms. The Labute approximate surface area is 299 Å². The smallest absolute Gasteiger partial charge is 0.408 e. The standard InChI is InChI=1S/C36H41IN2O10/c1-23(2)31(38-35(43)45-20-26-11-7-5-8-12-26)33(41)48-28-17-15-25(16-18-30(40)47-22-37)19-29(28)49-34(42)32(24(3)4)39-36(44)46-21-27-13-9-6-10-14-27/h5-15,17,19,23-24,31-32H,16,18,20-22H2,1-4H3,(H,38,43)(H,39,44)/t31-,32-/m0/s1. The van der Waals surface area contributed by atoms with E-state index in [2.05, 4.69) is 10.6 Å². The van der Waals surface area contributed by atoms with Crippen molar-refractivity contribution in [3.63, 3.8) is 0 Å². The van der Waals surface area contributed by atoms with Crippen LogP contribution in [0.25, 0.3) is 0 Å². The van der Waals surface area contributed by atoms with E-state index in [1.54, 1.807) is 58.0 Å². The van der Waals surface area contributed by atoms with Crippen molar-refractivity contribution in [1.82, 2.24) is 10.6 Å². The van der Waals surface area contributed by atoms with E-state index in [-0.39, 0.29) is 42.2 Å². The van der Waals surface area contributed by atoms with E-state index in [1.807, 2.05) is 59.0 Å². The molecular weight excluding hydrogens is 747 g/mol. The summed E-state index contributed by atoms with van der Waals surface area (Å²) in [6.07, 6.45) is -1.33. The van der Waals surface area contributed by atoms with Gasteiger partial charge in [-0.1, -0.05) is 94.4 Å². The molecule has 0 saturated carbocycles. The van der Waals surface area contributed by atoms with Gasteiger partial charge in [-0.05, 0) is 69.7 Å². The average molecular weight is 789 g/mol. The lowest BCUT2D eigenvalue weighted by Gasteiger charge is -2.23. The fraction of sp³-hybridized carbons (Fsp3) is 0.361. The molecule has 49 heavy (non-hydrogen) atoms. The van der Waals surface area contributed by atoms with Crippen LogP contribution < -0.4 is 20.1 Å². The van der Waals surface area contributed by atoms with Gasteiger partial charge in [0.1, 0.15) is 29.9 Å². The Bertz CT molecular complexity index is 1550. The van der Waals surface area contributed by atoms with Crippen LogP contribution in [0, 0.1) is 11.8 Å². The van der Waals surface area contributed by atoms with Gasteiger partial charge in [0.05, 0.1) is 0 Å². The monoisotopic (exact) mass is 788 g/mol. The van der Waals surface area contributed by atoms with Crippen LogP contribution in [0.5, 0.6) is 11.5 Å². The van der Waals surface area contributed by atoms with Gasteiger partial charge < -0.3 is 34.3 Å². The zero-order valence-corrected chi connectivity index (χ0v) is 30.0. The molecule has 0 spiro atoms. The number of rotatable bonds is 16. The molecule has 0 aliphatic carbocycles. The lowest BCUT2D eigenvalue weighted by atomic mass is 10.0. The second-order valence-electron chi connectivity index (χ2n) is 11.6. The molecule has 0 aliphatic rings. The van der Waals surface area contributed by atoms with E-state index in [9.17, 15) is 24.0 Å². The Hall–Kier alpha value is -4.66. The molecule has 262 valence electrons. The SMILES string of the molecule is CC(C)[C@H](NC(=O)OCc1ccccc1)C(=O)Oc1ccc(CCC(=O)OCI)cc1OC(=O)[C@@H](NC(=O)OCc1ccccc1)C(C)C. The molecular formula is C36H41IN2O10. The van der Waals surface area contributed by atoms with Crippen molar-refractivity contribution in [3.05, 3.63) is 95.6 Å². The number of amides is 2. The molecule has 2 atom stereocenters. The second kappa shape index (κ2) is 20.0. The van der Waals surface area contributed by atoms with Crippen LogP contribution >= 0.6 is 22.6 Å².